The van der Waals surface area contributed by atoms with E-state index >= 15 is 0 Å². The van der Waals surface area contributed by atoms with Gasteiger partial charge in [0.2, 0.25) is 5.91 Å². The minimum atomic E-state index is -0.410. The minimum Gasteiger partial charge on any atom is -0.497 e. The molecule has 0 saturated heterocycles. The number of nitrogens with one attached hydrogen (secondary N) is 2. The summed E-state index contributed by atoms with van der Waals surface area (Å²) in [5.41, 5.74) is 4.72. The molecule has 0 unspecified atom stereocenters. The number of aryl methyl sites for hydroxylation is 1. The quantitative estimate of drug-likeness (QED) is 0.645. The summed E-state index contributed by atoms with van der Waals surface area (Å²) < 4.78 is 5.14. The highest BCUT2D eigenvalue weighted by Crippen LogP contribution is 2.44. The summed E-state index contributed by atoms with van der Waals surface area (Å²) in [4.78, 5) is 25.5. The number of methoxy groups -OCH3 is 1. The first kappa shape index (κ1) is 22.7. The summed E-state index contributed by atoms with van der Waals surface area (Å²) in [5, 5.41) is 16.9. The van der Waals surface area contributed by atoms with E-state index in [1.54, 1.807) is 31.4 Å². The standard InChI is InChI=1S/C26H25N3O3S/c1-16-6-3-4-7-19(16)24-20(14-27)26(29-21-8-5-9-22(30)25(21)24)33-15-23(31)28-17-10-12-18(32-2)13-11-17/h3-4,6-7,10-13,24,29H,5,8-9,15H2,1-2H3,(H,28,31)/t24-/m0/s1. The molecule has 1 aliphatic heterocycles. The molecule has 2 N–H and O–H groups in total. The Morgan fingerprint density at radius 3 is 2.67 bits per heavy atom. The number of nitrogens with zero attached hydrogens (tertiary/aromatic N) is 1. The Labute approximate surface area is 197 Å². The maximum absolute atomic E-state index is 12.9. The number of ketones is 1. The third-order valence-corrected chi connectivity index (χ3v) is 6.90. The van der Waals surface area contributed by atoms with Gasteiger partial charge in [-0.2, -0.15) is 5.26 Å². The second kappa shape index (κ2) is 9.97. The van der Waals surface area contributed by atoms with Crippen molar-refractivity contribution in [3.8, 4) is 11.8 Å². The summed E-state index contributed by atoms with van der Waals surface area (Å²) in [6, 6.07) is 17.3. The third-order valence-electron chi connectivity index (χ3n) is 5.88. The molecule has 1 heterocycles. The molecule has 4 rings (SSSR count). The van der Waals surface area contributed by atoms with E-state index in [9.17, 15) is 14.9 Å². The van der Waals surface area contributed by atoms with Crippen LogP contribution in [0.5, 0.6) is 5.75 Å². The Hall–Kier alpha value is -3.50. The molecule has 7 heteroatoms. The van der Waals surface area contributed by atoms with Crippen LogP contribution in [0.15, 0.2) is 70.4 Å². The van der Waals surface area contributed by atoms with Crippen molar-refractivity contribution in [1.29, 1.82) is 5.26 Å². The van der Waals surface area contributed by atoms with E-state index in [-0.39, 0.29) is 17.4 Å². The van der Waals surface area contributed by atoms with E-state index < -0.39 is 5.92 Å². The zero-order chi connectivity index (χ0) is 23.4. The number of anilines is 1. The number of allylic oxidation sites excluding steroid dienone is 3. The molecule has 2 aromatic rings. The highest BCUT2D eigenvalue weighted by atomic mass is 32.2. The zero-order valence-corrected chi connectivity index (χ0v) is 19.4. The largest absolute Gasteiger partial charge is 0.497 e. The number of benzene rings is 2. The van der Waals surface area contributed by atoms with Crippen molar-refractivity contribution >= 4 is 29.1 Å². The zero-order valence-electron chi connectivity index (χ0n) is 18.6. The highest BCUT2D eigenvalue weighted by molar-refractivity contribution is 8.03. The summed E-state index contributed by atoms with van der Waals surface area (Å²) >= 11 is 1.29. The van der Waals surface area contributed by atoms with E-state index in [2.05, 4.69) is 16.7 Å². The maximum Gasteiger partial charge on any atom is 0.234 e. The summed E-state index contributed by atoms with van der Waals surface area (Å²) in [6.07, 6.45) is 2.03. The molecular formula is C26H25N3O3S. The van der Waals surface area contributed by atoms with Gasteiger partial charge in [0.1, 0.15) is 5.75 Å². The van der Waals surface area contributed by atoms with Crippen LogP contribution < -0.4 is 15.4 Å². The van der Waals surface area contributed by atoms with Gasteiger partial charge in [0, 0.05) is 23.4 Å². The fraction of sp³-hybridized carbons (Fsp3) is 0.269. The minimum absolute atomic E-state index is 0.0889. The SMILES string of the molecule is COc1ccc(NC(=O)CSC2=C(C#N)[C@H](c3ccccc3C)C3=C(CCCC3=O)N2)cc1. The van der Waals surface area contributed by atoms with E-state index in [1.807, 2.05) is 31.2 Å². The lowest BCUT2D eigenvalue weighted by atomic mass is 9.76. The number of hydrogen-bond acceptors (Lipinski definition) is 6. The van der Waals surface area contributed by atoms with Gasteiger partial charge in [-0.05, 0) is 55.2 Å². The Balaban J connectivity index is 1.59. The first-order valence-corrected chi connectivity index (χ1v) is 11.8. The topological polar surface area (TPSA) is 91.2 Å². The van der Waals surface area contributed by atoms with Crippen LogP contribution >= 0.6 is 11.8 Å². The molecular weight excluding hydrogens is 434 g/mol. The summed E-state index contributed by atoms with van der Waals surface area (Å²) in [6.45, 7) is 2.00. The molecule has 0 bridgehead atoms. The molecule has 2 aromatic carbocycles. The molecule has 1 aliphatic carbocycles. The molecule has 0 saturated carbocycles. The van der Waals surface area contributed by atoms with Crippen LogP contribution in [-0.4, -0.2) is 24.6 Å². The average molecular weight is 460 g/mol. The van der Waals surface area contributed by atoms with E-state index in [1.165, 1.54) is 11.8 Å². The predicted molar refractivity (Wildman–Crippen MR) is 130 cm³/mol. The van der Waals surface area contributed by atoms with Crippen LogP contribution in [0.4, 0.5) is 5.69 Å². The number of rotatable bonds is 6. The number of carbonyl (C=O) groups is 2. The number of Topliss-reactive ketones (excluding diaryl/α,β-unsaturated/α-hetero) is 1. The molecule has 0 fully saturated rings. The third kappa shape index (κ3) is 4.81. The number of dihydropyridines is 1. The van der Waals surface area contributed by atoms with Crippen molar-refractivity contribution in [3.05, 3.63) is 81.5 Å². The lowest BCUT2D eigenvalue weighted by Crippen LogP contribution is -2.32. The van der Waals surface area contributed by atoms with Crippen molar-refractivity contribution in [2.24, 2.45) is 0 Å². The summed E-state index contributed by atoms with van der Waals surface area (Å²) in [5.74, 6) is 0.351. The van der Waals surface area contributed by atoms with Crippen molar-refractivity contribution in [2.75, 3.05) is 18.2 Å². The number of carbonyl (C=O) groups excluding carboxylic acids is 2. The monoisotopic (exact) mass is 459 g/mol. The van der Waals surface area contributed by atoms with Crippen molar-refractivity contribution in [1.82, 2.24) is 5.32 Å². The van der Waals surface area contributed by atoms with Crippen LogP contribution in [-0.2, 0) is 9.59 Å². The predicted octanol–water partition coefficient (Wildman–Crippen LogP) is 4.80. The van der Waals surface area contributed by atoms with Crippen LogP contribution in [0.25, 0.3) is 0 Å². The second-order valence-electron chi connectivity index (χ2n) is 8.00. The fourth-order valence-electron chi connectivity index (χ4n) is 4.27. The normalized spacial score (nSPS) is 17.7. The molecule has 0 aromatic heterocycles. The molecule has 0 radical (unpaired) electrons. The molecule has 2 aliphatic rings. The Morgan fingerprint density at radius 2 is 1.97 bits per heavy atom. The first-order chi connectivity index (χ1) is 16.0. The lowest BCUT2D eigenvalue weighted by molar-refractivity contribution is -0.116. The second-order valence-corrected chi connectivity index (χ2v) is 8.99. The van der Waals surface area contributed by atoms with Gasteiger partial charge in [-0.15, -0.1) is 0 Å². The smallest absolute Gasteiger partial charge is 0.234 e. The lowest BCUT2D eigenvalue weighted by Gasteiger charge is -2.33. The van der Waals surface area contributed by atoms with Gasteiger partial charge in [-0.1, -0.05) is 36.0 Å². The Kier molecular flexibility index (Phi) is 6.85. The molecule has 1 amide bonds. The molecule has 168 valence electrons. The Bertz CT molecular complexity index is 1190. The van der Waals surface area contributed by atoms with Crippen molar-refractivity contribution in [3.63, 3.8) is 0 Å². The number of thioether (sulfide) groups is 1. The highest BCUT2D eigenvalue weighted by Gasteiger charge is 2.37. The summed E-state index contributed by atoms with van der Waals surface area (Å²) in [7, 11) is 1.59. The van der Waals surface area contributed by atoms with Gasteiger partial charge in [-0.3, -0.25) is 9.59 Å². The number of ether oxygens (including phenoxy) is 1. The van der Waals surface area contributed by atoms with Crippen LogP contribution in [0, 0.1) is 18.3 Å². The van der Waals surface area contributed by atoms with Crippen LogP contribution in [0.3, 0.4) is 0 Å². The number of amides is 1. The van der Waals surface area contributed by atoms with E-state index in [0.717, 1.165) is 29.7 Å². The molecule has 6 nitrogen and oxygen atoms in total. The van der Waals surface area contributed by atoms with Gasteiger partial charge >= 0.3 is 0 Å². The van der Waals surface area contributed by atoms with Gasteiger partial charge in [0.05, 0.1) is 35.5 Å². The molecule has 1 atom stereocenters. The van der Waals surface area contributed by atoms with Crippen LogP contribution in [0.1, 0.15) is 36.3 Å². The fourth-order valence-corrected chi connectivity index (χ4v) is 5.13. The van der Waals surface area contributed by atoms with E-state index in [4.69, 9.17) is 4.74 Å². The van der Waals surface area contributed by atoms with Crippen molar-refractivity contribution < 1.29 is 14.3 Å². The molecule has 0 spiro atoms. The first-order valence-electron chi connectivity index (χ1n) is 10.8. The Morgan fingerprint density at radius 1 is 1.21 bits per heavy atom. The van der Waals surface area contributed by atoms with E-state index in [0.29, 0.717) is 34.0 Å². The van der Waals surface area contributed by atoms with Gasteiger partial charge in [-0.25, -0.2) is 0 Å². The van der Waals surface area contributed by atoms with Gasteiger partial charge in [0.25, 0.3) is 0 Å². The number of nitriles is 1. The average Bonchev–Trinajstić information content (AvgIpc) is 2.83. The van der Waals surface area contributed by atoms with Crippen LogP contribution in [0.2, 0.25) is 0 Å². The maximum atomic E-state index is 12.9. The number of hydrogen-bond donors (Lipinski definition) is 2. The van der Waals surface area contributed by atoms with Gasteiger partial charge < -0.3 is 15.4 Å². The van der Waals surface area contributed by atoms with Crippen molar-refractivity contribution in [2.45, 2.75) is 32.1 Å². The molecule has 33 heavy (non-hydrogen) atoms. The van der Waals surface area contributed by atoms with Gasteiger partial charge in [0.15, 0.2) is 5.78 Å².